The second kappa shape index (κ2) is 14.4. The fourth-order valence-corrected chi connectivity index (χ4v) is 7.26. The van der Waals surface area contributed by atoms with Crippen LogP contribution in [0.25, 0.3) is 0 Å². The van der Waals surface area contributed by atoms with E-state index in [9.17, 15) is 32.4 Å². The number of fused-ring (bicyclic) bond motifs is 3. The van der Waals surface area contributed by atoms with Crippen molar-refractivity contribution in [3.05, 3.63) is 47.5 Å². The third kappa shape index (κ3) is 9.11. The van der Waals surface area contributed by atoms with E-state index in [0.29, 0.717) is 32.4 Å². The Hall–Kier alpha value is -4.14. The van der Waals surface area contributed by atoms with E-state index in [4.69, 9.17) is 9.47 Å². The van der Waals surface area contributed by atoms with E-state index in [0.717, 1.165) is 30.2 Å². The summed E-state index contributed by atoms with van der Waals surface area (Å²) in [7, 11) is -3.93. The van der Waals surface area contributed by atoms with Gasteiger partial charge >= 0.3 is 12.2 Å². The fourth-order valence-electron chi connectivity index (χ4n) is 6.74. The summed E-state index contributed by atoms with van der Waals surface area (Å²) in [6, 6.07) is 5.63. The van der Waals surface area contributed by atoms with Gasteiger partial charge in [0.2, 0.25) is 21.8 Å². The van der Waals surface area contributed by atoms with Gasteiger partial charge in [-0.15, -0.1) is 0 Å². The highest BCUT2D eigenvalue weighted by Gasteiger charge is 2.61. The molecule has 5 rings (SSSR count). The summed E-state index contributed by atoms with van der Waals surface area (Å²) < 4.78 is 37.3. The standard InChI is InChI=1S/C34H47N5O9S/c1-33(2,3)48-31(43)35-26-15-9-7-5-6-8-14-24-19-34(24,30(42)37-49(4,45)46)36-28(40)27-18-25(21-39(27)29(26)41)47-32(44)38-17-16-22-12-10-11-13-23(22)20-38/h8,10-14,24-27H,5-7,9,15-21H2,1-4H3,(H,35,43)(H,36,40)(H,37,42)/t24-,25-,26+,27+,34-/m1/s1. The summed E-state index contributed by atoms with van der Waals surface area (Å²) in [5.41, 5.74) is -0.173. The second-order valence-corrected chi connectivity index (χ2v) is 16.2. The van der Waals surface area contributed by atoms with Crippen molar-refractivity contribution in [2.45, 2.75) is 108 Å². The average Bonchev–Trinajstić information content (AvgIpc) is 3.54. The van der Waals surface area contributed by atoms with E-state index in [1.807, 2.05) is 41.1 Å². The quantitative estimate of drug-likeness (QED) is 0.398. The lowest BCUT2D eigenvalue weighted by molar-refractivity contribution is -0.141. The van der Waals surface area contributed by atoms with Crippen molar-refractivity contribution < 1.29 is 41.9 Å². The maximum absolute atomic E-state index is 14.2. The third-order valence-corrected chi connectivity index (χ3v) is 9.83. The van der Waals surface area contributed by atoms with Crippen LogP contribution >= 0.6 is 0 Å². The van der Waals surface area contributed by atoms with E-state index < -0.39 is 75.2 Å². The average molecular weight is 702 g/mol. The molecule has 0 radical (unpaired) electrons. The Morgan fingerprint density at radius 2 is 1.80 bits per heavy atom. The first-order chi connectivity index (χ1) is 23.0. The first-order valence-electron chi connectivity index (χ1n) is 16.9. The molecule has 14 nitrogen and oxygen atoms in total. The highest BCUT2D eigenvalue weighted by Crippen LogP contribution is 2.45. The number of carbonyl (C=O) groups is 5. The minimum Gasteiger partial charge on any atom is -0.444 e. The Bertz CT molecular complexity index is 1610. The minimum atomic E-state index is -3.93. The first-order valence-corrected chi connectivity index (χ1v) is 18.8. The molecule has 3 aliphatic heterocycles. The molecule has 2 fully saturated rings. The number of benzene rings is 1. The van der Waals surface area contributed by atoms with Crippen LogP contribution in [0.4, 0.5) is 9.59 Å². The molecule has 3 N–H and O–H groups in total. The largest absolute Gasteiger partial charge is 0.444 e. The van der Waals surface area contributed by atoms with Crippen LogP contribution in [0.15, 0.2) is 36.4 Å². The predicted octanol–water partition coefficient (Wildman–Crippen LogP) is 2.52. The molecule has 0 bridgehead atoms. The highest BCUT2D eigenvalue weighted by atomic mass is 32.2. The lowest BCUT2D eigenvalue weighted by atomic mass is 10.0. The molecule has 5 amide bonds. The maximum Gasteiger partial charge on any atom is 0.410 e. The summed E-state index contributed by atoms with van der Waals surface area (Å²) >= 11 is 0. The monoisotopic (exact) mass is 701 g/mol. The Morgan fingerprint density at radius 3 is 2.51 bits per heavy atom. The molecule has 15 heteroatoms. The van der Waals surface area contributed by atoms with Crippen LogP contribution in [-0.4, -0.2) is 96.8 Å². The predicted molar refractivity (Wildman–Crippen MR) is 178 cm³/mol. The van der Waals surface area contributed by atoms with Crippen LogP contribution < -0.4 is 15.4 Å². The van der Waals surface area contributed by atoms with Crippen LogP contribution in [0.5, 0.6) is 0 Å². The van der Waals surface area contributed by atoms with Crippen LogP contribution in [0, 0.1) is 5.92 Å². The van der Waals surface area contributed by atoms with Gasteiger partial charge in [0.1, 0.15) is 29.3 Å². The zero-order valence-corrected chi connectivity index (χ0v) is 29.3. The smallest absolute Gasteiger partial charge is 0.410 e. The van der Waals surface area contributed by atoms with Crippen LogP contribution in [0.3, 0.4) is 0 Å². The number of nitrogens with zero attached hydrogens (tertiary/aromatic N) is 2. The van der Waals surface area contributed by atoms with Crippen LogP contribution in [0.2, 0.25) is 0 Å². The van der Waals surface area contributed by atoms with E-state index in [2.05, 4.69) is 10.6 Å². The Labute approximate surface area is 287 Å². The summed E-state index contributed by atoms with van der Waals surface area (Å²) in [6.07, 6.45) is 6.23. The molecule has 1 aromatic rings. The number of rotatable bonds is 4. The maximum atomic E-state index is 14.2. The summed E-state index contributed by atoms with van der Waals surface area (Å²) in [5, 5.41) is 5.45. The molecule has 49 heavy (non-hydrogen) atoms. The molecule has 268 valence electrons. The number of nitrogens with one attached hydrogen (secondary N) is 3. The molecule has 0 spiro atoms. The molecule has 5 atom stereocenters. The first kappa shape index (κ1) is 36.1. The summed E-state index contributed by atoms with van der Waals surface area (Å²) in [4.78, 5) is 70.6. The van der Waals surface area contributed by atoms with Gasteiger partial charge in [0.05, 0.1) is 12.8 Å². The van der Waals surface area contributed by atoms with Crippen LogP contribution in [0.1, 0.15) is 76.8 Å². The van der Waals surface area contributed by atoms with Crippen molar-refractivity contribution in [2.24, 2.45) is 5.92 Å². The molecule has 4 aliphatic rings. The molecule has 3 heterocycles. The fraction of sp³-hybridized carbons (Fsp3) is 0.618. The summed E-state index contributed by atoms with van der Waals surface area (Å²) in [6.45, 7) is 5.82. The molecular formula is C34H47N5O9S. The number of carbonyl (C=O) groups excluding carboxylic acids is 5. The zero-order valence-electron chi connectivity index (χ0n) is 28.5. The van der Waals surface area contributed by atoms with E-state index in [1.54, 1.807) is 25.7 Å². The van der Waals surface area contributed by atoms with Gasteiger partial charge in [-0.05, 0) is 64.0 Å². The van der Waals surface area contributed by atoms with Crippen LogP contribution in [-0.2, 0) is 46.8 Å². The number of allylic oxidation sites excluding steroid dienone is 1. The van der Waals surface area contributed by atoms with Crippen molar-refractivity contribution in [2.75, 3.05) is 19.3 Å². The van der Waals surface area contributed by atoms with Gasteiger partial charge in [0, 0.05) is 25.4 Å². The minimum absolute atomic E-state index is 0.0584. The summed E-state index contributed by atoms with van der Waals surface area (Å²) in [5.74, 6) is -2.56. The normalized spacial score (nSPS) is 27.7. The van der Waals surface area contributed by atoms with Crippen molar-refractivity contribution >= 4 is 39.9 Å². The Morgan fingerprint density at radius 1 is 1.06 bits per heavy atom. The number of hydrogen-bond acceptors (Lipinski definition) is 9. The molecule has 0 unspecified atom stereocenters. The van der Waals surface area contributed by atoms with Crippen molar-refractivity contribution in [1.82, 2.24) is 25.2 Å². The Kier molecular flexibility index (Phi) is 10.6. The number of sulfonamides is 1. The van der Waals surface area contributed by atoms with E-state index in [-0.39, 0.29) is 25.8 Å². The van der Waals surface area contributed by atoms with Crippen molar-refractivity contribution in [3.8, 4) is 0 Å². The van der Waals surface area contributed by atoms with Crippen molar-refractivity contribution in [3.63, 3.8) is 0 Å². The molecule has 1 saturated carbocycles. The van der Waals surface area contributed by atoms with E-state index >= 15 is 0 Å². The van der Waals surface area contributed by atoms with Crippen molar-refractivity contribution in [1.29, 1.82) is 0 Å². The molecule has 1 saturated heterocycles. The number of alkyl carbamates (subject to hydrolysis) is 1. The van der Waals surface area contributed by atoms with Gasteiger partial charge in [-0.25, -0.2) is 18.0 Å². The molecule has 1 aliphatic carbocycles. The lowest BCUT2D eigenvalue weighted by Crippen LogP contribution is -2.58. The van der Waals surface area contributed by atoms with Gasteiger partial charge in [-0.3, -0.25) is 19.1 Å². The topological polar surface area (TPSA) is 181 Å². The second-order valence-electron chi connectivity index (χ2n) is 14.4. The Balaban J connectivity index is 1.40. The zero-order chi connectivity index (χ0) is 35.6. The van der Waals surface area contributed by atoms with E-state index in [1.165, 1.54) is 4.90 Å². The number of hydrogen-bond donors (Lipinski definition) is 3. The molecule has 1 aromatic carbocycles. The third-order valence-electron chi connectivity index (χ3n) is 9.27. The molecular weight excluding hydrogens is 654 g/mol. The van der Waals surface area contributed by atoms with Gasteiger partial charge in [-0.1, -0.05) is 49.3 Å². The number of ether oxygens (including phenoxy) is 2. The lowest BCUT2D eigenvalue weighted by Gasteiger charge is -2.30. The SMILES string of the molecule is CC(C)(C)OC(=O)N[C@H]1CCCCCC=C[C@@H]2C[C@@]2(C(=O)NS(C)(=O)=O)NC(=O)[C@@H]2C[C@@H](OC(=O)N3CCc4ccccc4C3)CN2C1=O. The van der Waals surface area contributed by atoms with Gasteiger partial charge in [0.25, 0.3) is 5.91 Å². The molecule has 0 aromatic heterocycles. The van der Waals surface area contributed by atoms with Gasteiger partial charge in [-0.2, -0.15) is 0 Å². The van der Waals surface area contributed by atoms with Gasteiger partial charge < -0.3 is 29.9 Å². The highest BCUT2D eigenvalue weighted by molar-refractivity contribution is 7.89. The van der Waals surface area contributed by atoms with Gasteiger partial charge in [0.15, 0.2) is 0 Å². The number of amides is 5.